The second-order valence-corrected chi connectivity index (χ2v) is 5.80. The summed E-state index contributed by atoms with van der Waals surface area (Å²) in [6.07, 6.45) is 3.35. The van der Waals surface area contributed by atoms with Crippen LogP contribution in [-0.2, 0) is 20.0 Å². The molecule has 2 amide bonds. The Bertz CT molecular complexity index is 631. The molecule has 2 aromatic rings. The lowest BCUT2D eigenvalue weighted by Crippen LogP contribution is -2.36. The third-order valence-corrected chi connectivity index (χ3v) is 3.93. The number of nitrogens with one attached hydrogen (secondary N) is 2. The van der Waals surface area contributed by atoms with Crippen molar-refractivity contribution in [2.75, 3.05) is 6.54 Å². The van der Waals surface area contributed by atoms with E-state index in [9.17, 15) is 4.79 Å². The van der Waals surface area contributed by atoms with Crippen molar-refractivity contribution in [3.05, 3.63) is 53.3 Å². The first-order chi connectivity index (χ1) is 10.7. The second kappa shape index (κ2) is 6.64. The topological polar surface area (TPSA) is 59.0 Å². The van der Waals surface area contributed by atoms with Crippen LogP contribution in [0.5, 0.6) is 0 Å². The number of aryl methyl sites for hydroxylation is 1. The summed E-state index contributed by atoms with van der Waals surface area (Å²) in [6.45, 7) is 1.10. The minimum atomic E-state index is -0.144. The summed E-state index contributed by atoms with van der Waals surface area (Å²) in [4.78, 5) is 11.8. The van der Waals surface area contributed by atoms with Gasteiger partial charge in [-0.2, -0.15) is 5.10 Å². The lowest BCUT2D eigenvalue weighted by atomic mass is 10.1. The van der Waals surface area contributed by atoms with Gasteiger partial charge in [0.15, 0.2) is 0 Å². The number of nitrogens with zero attached hydrogens (tertiary/aromatic N) is 2. The minimum absolute atomic E-state index is 0.144. The van der Waals surface area contributed by atoms with Crippen LogP contribution in [0.4, 0.5) is 4.79 Å². The normalized spacial score (nSPS) is 13.9. The van der Waals surface area contributed by atoms with Crippen LogP contribution in [0.15, 0.2) is 36.4 Å². The zero-order valence-electron chi connectivity index (χ0n) is 12.9. The summed E-state index contributed by atoms with van der Waals surface area (Å²) < 4.78 is 1.93. The van der Waals surface area contributed by atoms with E-state index in [1.807, 2.05) is 29.9 Å². The molecule has 1 heterocycles. The molecule has 0 aliphatic heterocycles. The third kappa shape index (κ3) is 3.87. The molecular formula is C17H22N4O. The molecule has 5 nitrogen and oxygen atoms in total. The molecule has 0 saturated heterocycles. The van der Waals surface area contributed by atoms with Crippen molar-refractivity contribution in [1.29, 1.82) is 0 Å². The molecule has 0 unspecified atom stereocenters. The van der Waals surface area contributed by atoms with Gasteiger partial charge >= 0.3 is 6.03 Å². The summed E-state index contributed by atoms with van der Waals surface area (Å²) in [5.41, 5.74) is 3.42. The highest BCUT2D eigenvalue weighted by Crippen LogP contribution is 2.39. The maximum absolute atomic E-state index is 11.8. The van der Waals surface area contributed by atoms with E-state index in [1.165, 1.54) is 24.1 Å². The van der Waals surface area contributed by atoms with Crippen molar-refractivity contribution in [3.63, 3.8) is 0 Å². The van der Waals surface area contributed by atoms with Crippen molar-refractivity contribution >= 4 is 6.03 Å². The fraction of sp³-hybridized carbons (Fsp3) is 0.412. The average Bonchev–Trinajstić information content (AvgIpc) is 3.30. The van der Waals surface area contributed by atoms with Crippen molar-refractivity contribution in [1.82, 2.24) is 20.4 Å². The van der Waals surface area contributed by atoms with E-state index < -0.39 is 0 Å². The largest absolute Gasteiger partial charge is 0.338 e. The molecule has 1 fully saturated rings. The van der Waals surface area contributed by atoms with E-state index in [1.54, 1.807) is 0 Å². The Morgan fingerprint density at radius 3 is 2.77 bits per heavy atom. The highest BCUT2D eigenvalue weighted by Gasteiger charge is 2.27. The van der Waals surface area contributed by atoms with Crippen LogP contribution in [0.1, 0.15) is 35.7 Å². The van der Waals surface area contributed by atoms with Crippen LogP contribution in [-0.4, -0.2) is 22.4 Å². The number of aromatic nitrogens is 2. The molecule has 0 spiro atoms. The van der Waals surface area contributed by atoms with E-state index >= 15 is 0 Å². The first kappa shape index (κ1) is 14.6. The number of hydrogen-bond acceptors (Lipinski definition) is 2. The molecule has 22 heavy (non-hydrogen) atoms. The predicted molar refractivity (Wildman–Crippen MR) is 85.6 cm³/mol. The van der Waals surface area contributed by atoms with Gasteiger partial charge in [0.25, 0.3) is 0 Å². The van der Waals surface area contributed by atoms with Crippen LogP contribution in [0.2, 0.25) is 0 Å². The fourth-order valence-electron chi connectivity index (χ4n) is 2.59. The van der Waals surface area contributed by atoms with Crippen molar-refractivity contribution < 1.29 is 4.79 Å². The van der Waals surface area contributed by atoms with Gasteiger partial charge < -0.3 is 10.6 Å². The highest BCUT2D eigenvalue weighted by atomic mass is 16.2. The van der Waals surface area contributed by atoms with Gasteiger partial charge in [0, 0.05) is 25.2 Å². The van der Waals surface area contributed by atoms with Crippen LogP contribution in [0.25, 0.3) is 0 Å². The number of hydrogen-bond donors (Lipinski definition) is 2. The summed E-state index contributed by atoms with van der Waals surface area (Å²) in [7, 11) is 1.97. The number of carbonyl (C=O) groups excluding carboxylic acids is 1. The Hall–Kier alpha value is -2.30. The lowest BCUT2D eigenvalue weighted by Gasteiger charge is -2.06. The maximum atomic E-state index is 11.8. The Labute approximate surface area is 130 Å². The molecule has 3 rings (SSSR count). The second-order valence-electron chi connectivity index (χ2n) is 5.80. The highest BCUT2D eigenvalue weighted by molar-refractivity contribution is 5.73. The zero-order chi connectivity index (χ0) is 15.4. The number of benzene rings is 1. The molecule has 1 aromatic heterocycles. The van der Waals surface area contributed by atoms with Crippen molar-refractivity contribution in [2.45, 2.75) is 31.7 Å². The maximum Gasteiger partial charge on any atom is 0.315 e. The zero-order valence-corrected chi connectivity index (χ0v) is 12.9. The van der Waals surface area contributed by atoms with E-state index in [-0.39, 0.29) is 6.03 Å². The van der Waals surface area contributed by atoms with Crippen LogP contribution in [0.3, 0.4) is 0 Å². The number of urea groups is 1. The molecule has 2 N–H and O–H groups in total. The first-order valence-electron chi connectivity index (χ1n) is 7.81. The molecule has 1 aliphatic carbocycles. The van der Waals surface area contributed by atoms with Gasteiger partial charge in [0.05, 0.1) is 12.2 Å². The Kier molecular flexibility index (Phi) is 4.42. The first-order valence-corrected chi connectivity index (χ1v) is 7.81. The monoisotopic (exact) mass is 298 g/mol. The summed E-state index contributed by atoms with van der Waals surface area (Å²) in [5, 5.41) is 10.2. The van der Waals surface area contributed by atoms with Gasteiger partial charge in [-0.05, 0) is 30.9 Å². The Balaban J connectivity index is 1.39. The van der Waals surface area contributed by atoms with Gasteiger partial charge in [0.2, 0.25) is 0 Å². The van der Waals surface area contributed by atoms with E-state index in [4.69, 9.17) is 0 Å². The minimum Gasteiger partial charge on any atom is -0.338 e. The third-order valence-electron chi connectivity index (χ3n) is 3.93. The number of carbonyl (C=O) groups is 1. The van der Waals surface area contributed by atoms with Gasteiger partial charge in [0.1, 0.15) is 0 Å². The molecule has 0 atom stereocenters. The predicted octanol–water partition coefficient (Wildman–Crippen LogP) is 2.34. The van der Waals surface area contributed by atoms with Gasteiger partial charge in [-0.1, -0.05) is 30.3 Å². The molecule has 5 heteroatoms. The van der Waals surface area contributed by atoms with Crippen LogP contribution in [0, 0.1) is 0 Å². The molecule has 0 radical (unpaired) electrons. The van der Waals surface area contributed by atoms with Gasteiger partial charge in [-0.3, -0.25) is 4.68 Å². The smallest absolute Gasteiger partial charge is 0.315 e. The summed E-state index contributed by atoms with van der Waals surface area (Å²) in [5.74, 6) is 0.672. The fourth-order valence-corrected chi connectivity index (χ4v) is 2.59. The lowest BCUT2D eigenvalue weighted by molar-refractivity contribution is 0.240. The molecule has 1 aromatic carbocycles. The SMILES string of the molecule is Cn1nc(CNC(=O)NCCc2ccccc2)cc1C1CC1. The summed E-state index contributed by atoms with van der Waals surface area (Å²) in [6, 6.07) is 12.1. The summed E-state index contributed by atoms with van der Waals surface area (Å²) >= 11 is 0. The van der Waals surface area contributed by atoms with Crippen molar-refractivity contribution in [3.8, 4) is 0 Å². The van der Waals surface area contributed by atoms with Gasteiger partial charge in [-0.25, -0.2) is 4.79 Å². The van der Waals surface area contributed by atoms with Gasteiger partial charge in [-0.15, -0.1) is 0 Å². The Morgan fingerprint density at radius 2 is 2.05 bits per heavy atom. The molecule has 1 aliphatic rings. The average molecular weight is 298 g/mol. The van der Waals surface area contributed by atoms with Crippen LogP contribution < -0.4 is 10.6 Å². The van der Waals surface area contributed by atoms with Crippen molar-refractivity contribution in [2.24, 2.45) is 7.05 Å². The molecule has 116 valence electrons. The standard InChI is InChI=1S/C17H22N4O/c1-21-16(14-7-8-14)11-15(20-21)12-19-17(22)18-10-9-13-5-3-2-4-6-13/h2-6,11,14H,7-10,12H2,1H3,(H2,18,19,22). The Morgan fingerprint density at radius 1 is 1.27 bits per heavy atom. The molecule has 1 saturated carbocycles. The quantitative estimate of drug-likeness (QED) is 0.860. The molecule has 0 bridgehead atoms. The van der Waals surface area contributed by atoms with E-state index in [0.29, 0.717) is 19.0 Å². The van der Waals surface area contributed by atoms with E-state index in [0.717, 1.165) is 12.1 Å². The number of amides is 2. The number of rotatable bonds is 6. The van der Waals surface area contributed by atoms with Crippen LogP contribution >= 0.6 is 0 Å². The van der Waals surface area contributed by atoms with E-state index in [2.05, 4.69) is 33.9 Å². The molecular weight excluding hydrogens is 276 g/mol.